The molecule has 0 bridgehead atoms. The van der Waals surface area contributed by atoms with Crippen LogP contribution in [0.25, 0.3) is 10.8 Å². The van der Waals surface area contributed by atoms with Crippen molar-refractivity contribution in [1.29, 1.82) is 0 Å². The van der Waals surface area contributed by atoms with Crippen molar-refractivity contribution in [3.8, 4) is 0 Å². The van der Waals surface area contributed by atoms with Gasteiger partial charge in [-0.1, -0.05) is 57.2 Å². The Balaban J connectivity index is 2.68. The molecule has 1 unspecified atom stereocenters. The van der Waals surface area contributed by atoms with Gasteiger partial charge in [-0.05, 0) is 41.3 Å². The number of hydrogen-bond acceptors (Lipinski definition) is 1. The molecule has 0 aliphatic heterocycles. The van der Waals surface area contributed by atoms with E-state index in [9.17, 15) is 0 Å². The molecule has 2 aromatic carbocycles. The van der Waals surface area contributed by atoms with Crippen molar-refractivity contribution in [1.82, 2.24) is 5.32 Å². The van der Waals surface area contributed by atoms with Gasteiger partial charge in [-0.25, -0.2) is 0 Å². The monoisotopic (exact) mass is 241 g/mol. The van der Waals surface area contributed by atoms with Crippen LogP contribution in [0.15, 0.2) is 36.4 Å². The van der Waals surface area contributed by atoms with Gasteiger partial charge in [0.05, 0.1) is 0 Å². The Morgan fingerprint density at radius 2 is 1.56 bits per heavy atom. The lowest BCUT2D eigenvalue weighted by Gasteiger charge is -2.32. The standard InChI is InChI=1S/C17H23N/c1-12-10-11-15(16(18-5)17(2,3)4)14-9-7-6-8-13(12)14/h6-11,16,18H,1-5H3. The molecule has 0 fully saturated rings. The fourth-order valence-corrected chi connectivity index (χ4v) is 2.78. The highest BCUT2D eigenvalue weighted by molar-refractivity contribution is 5.89. The Kier molecular flexibility index (Phi) is 3.45. The molecule has 0 spiro atoms. The highest BCUT2D eigenvalue weighted by Gasteiger charge is 2.26. The molecule has 0 heterocycles. The molecule has 1 heteroatoms. The number of hydrogen-bond donors (Lipinski definition) is 1. The van der Waals surface area contributed by atoms with Gasteiger partial charge in [0.25, 0.3) is 0 Å². The molecule has 0 aromatic heterocycles. The molecule has 1 atom stereocenters. The number of rotatable bonds is 2. The van der Waals surface area contributed by atoms with Gasteiger partial charge < -0.3 is 5.32 Å². The maximum absolute atomic E-state index is 3.47. The maximum Gasteiger partial charge on any atom is 0.0372 e. The van der Waals surface area contributed by atoms with Gasteiger partial charge >= 0.3 is 0 Å². The molecular weight excluding hydrogens is 218 g/mol. The zero-order chi connectivity index (χ0) is 13.3. The molecule has 2 aromatic rings. The van der Waals surface area contributed by atoms with Gasteiger partial charge in [0.15, 0.2) is 0 Å². The summed E-state index contributed by atoms with van der Waals surface area (Å²) in [5.41, 5.74) is 2.94. The van der Waals surface area contributed by atoms with Crippen LogP contribution in [0.3, 0.4) is 0 Å². The second-order valence-corrected chi connectivity index (χ2v) is 6.10. The van der Waals surface area contributed by atoms with Crippen LogP contribution in [0.1, 0.15) is 37.9 Å². The smallest absolute Gasteiger partial charge is 0.0372 e. The van der Waals surface area contributed by atoms with E-state index in [0.29, 0.717) is 6.04 Å². The Bertz CT molecular complexity index is 549. The zero-order valence-electron chi connectivity index (χ0n) is 12.0. The van der Waals surface area contributed by atoms with E-state index in [2.05, 4.69) is 69.4 Å². The van der Waals surface area contributed by atoms with Crippen molar-refractivity contribution in [3.63, 3.8) is 0 Å². The summed E-state index contributed by atoms with van der Waals surface area (Å²) >= 11 is 0. The first kappa shape index (κ1) is 13.1. The third-order valence-corrected chi connectivity index (χ3v) is 3.64. The third kappa shape index (κ3) is 2.28. The van der Waals surface area contributed by atoms with Gasteiger partial charge in [0, 0.05) is 6.04 Å². The SMILES string of the molecule is CNC(c1ccc(C)c2ccccc12)C(C)(C)C. The first-order chi connectivity index (χ1) is 8.45. The number of fused-ring (bicyclic) bond motifs is 1. The highest BCUT2D eigenvalue weighted by Crippen LogP contribution is 2.36. The Hall–Kier alpha value is -1.34. The highest BCUT2D eigenvalue weighted by atomic mass is 14.9. The lowest BCUT2D eigenvalue weighted by Crippen LogP contribution is -2.29. The topological polar surface area (TPSA) is 12.0 Å². The van der Waals surface area contributed by atoms with Crippen LogP contribution in [0.5, 0.6) is 0 Å². The summed E-state index contributed by atoms with van der Waals surface area (Å²) in [6.07, 6.45) is 0. The molecule has 18 heavy (non-hydrogen) atoms. The van der Waals surface area contributed by atoms with Crippen molar-refractivity contribution in [2.45, 2.75) is 33.7 Å². The maximum atomic E-state index is 3.47. The van der Waals surface area contributed by atoms with Crippen LogP contribution in [0.2, 0.25) is 0 Å². The normalized spacial score (nSPS) is 13.8. The van der Waals surface area contributed by atoms with E-state index in [1.165, 1.54) is 21.9 Å². The van der Waals surface area contributed by atoms with Gasteiger partial charge in [-0.2, -0.15) is 0 Å². The van der Waals surface area contributed by atoms with Crippen LogP contribution < -0.4 is 5.32 Å². The number of aryl methyl sites for hydroxylation is 1. The predicted molar refractivity (Wildman–Crippen MR) is 79.9 cm³/mol. The molecular formula is C17H23N. The molecule has 96 valence electrons. The van der Waals surface area contributed by atoms with Crippen LogP contribution >= 0.6 is 0 Å². The quantitative estimate of drug-likeness (QED) is 0.818. The Morgan fingerprint density at radius 1 is 0.944 bits per heavy atom. The second kappa shape index (κ2) is 4.74. The molecule has 0 saturated carbocycles. The van der Waals surface area contributed by atoms with E-state index >= 15 is 0 Å². The molecule has 2 rings (SSSR count). The average molecular weight is 241 g/mol. The number of nitrogens with one attached hydrogen (secondary N) is 1. The summed E-state index contributed by atoms with van der Waals surface area (Å²) in [7, 11) is 2.05. The fourth-order valence-electron chi connectivity index (χ4n) is 2.78. The van der Waals surface area contributed by atoms with Gasteiger partial charge in [0.1, 0.15) is 0 Å². The molecule has 0 aliphatic rings. The van der Waals surface area contributed by atoms with E-state index in [0.717, 1.165) is 0 Å². The lowest BCUT2D eigenvalue weighted by molar-refractivity contribution is 0.288. The van der Waals surface area contributed by atoms with Crippen molar-refractivity contribution in [3.05, 3.63) is 47.5 Å². The minimum absolute atomic E-state index is 0.201. The van der Waals surface area contributed by atoms with E-state index in [1.54, 1.807) is 0 Å². The zero-order valence-corrected chi connectivity index (χ0v) is 12.0. The van der Waals surface area contributed by atoms with Crippen molar-refractivity contribution < 1.29 is 0 Å². The van der Waals surface area contributed by atoms with E-state index in [-0.39, 0.29) is 5.41 Å². The van der Waals surface area contributed by atoms with Crippen LogP contribution in [-0.2, 0) is 0 Å². The van der Waals surface area contributed by atoms with Gasteiger partial charge in [-0.15, -0.1) is 0 Å². The molecule has 1 nitrogen and oxygen atoms in total. The largest absolute Gasteiger partial charge is 0.313 e. The summed E-state index contributed by atoms with van der Waals surface area (Å²) in [5, 5.41) is 6.20. The summed E-state index contributed by atoms with van der Waals surface area (Å²) in [4.78, 5) is 0. The second-order valence-electron chi connectivity index (χ2n) is 6.10. The van der Waals surface area contributed by atoms with Crippen LogP contribution in [0, 0.1) is 12.3 Å². The third-order valence-electron chi connectivity index (χ3n) is 3.64. The molecule has 0 saturated heterocycles. The minimum Gasteiger partial charge on any atom is -0.313 e. The number of benzene rings is 2. The minimum atomic E-state index is 0.201. The lowest BCUT2D eigenvalue weighted by atomic mass is 9.80. The summed E-state index contributed by atoms with van der Waals surface area (Å²) in [6, 6.07) is 13.5. The molecule has 1 N–H and O–H groups in total. The average Bonchev–Trinajstić information content (AvgIpc) is 2.32. The summed E-state index contributed by atoms with van der Waals surface area (Å²) < 4.78 is 0. The summed E-state index contributed by atoms with van der Waals surface area (Å²) in [6.45, 7) is 9.02. The van der Waals surface area contributed by atoms with Crippen LogP contribution in [-0.4, -0.2) is 7.05 Å². The first-order valence-electron chi connectivity index (χ1n) is 6.60. The molecule has 0 amide bonds. The fraction of sp³-hybridized carbons (Fsp3) is 0.412. The van der Waals surface area contributed by atoms with Crippen molar-refractivity contribution in [2.24, 2.45) is 5.41 Å². The first-order valence-corrected chi connectivity index (χ1v) is 6.60. The molecule has 0 radical (unpaired) electrons. The van der Waals surface area contributed by atoms with Crippen molar-refractivity contribution >= 4 is 10.8 Å². The molecule has 0 aliphatic carbocycles. The van der Waals surface area contributed by atoms with Crippen molar-refractivity contribution in [2.75, 3.05) is 7.05 Å². The van der Waals surface area contributed by atoms with E-state index in [4.69, 9.17) is 0 Å². The Labute approximate surface area is 110 Å². The predicted octanol–water partition coefficient (Wildman–Crippen LogP) is 4.45. The summed E-state index contributed by atoms with van der Waals surface area (Å²) in [5.74, 6) is 0. The van der Waals surface area contributed by atoms with Gasteiger partial charge in [-0.3, -0.25) is 0 Å². The van der Waals surface area contributed by atoms with Crippen LogP contribution in [0.4, 0.5) is 0 Å². The van der Waals surface area contributed by atoms with E-state index in [1.807, 2.05) is 7.05 Å². The Morgan fingerprint density at radius 3 is 2.11 bits per heavy atom. The van der Waals surface area contributed by atoms with E-state index < -0.39 is 0 Å². The van der Waals surface area contributed by atoms with Gasteiger partial charge in [0.2, 0.25) is 0 Å².